The molecular weight excluding hydrogens is 248 g/mol. The second-order valence-electron chi connectivity index (χ2n) is 3.05. The standard InChI is InChI=1S/C10H9BrOS/c11-9-4-7-2-1-3-13-10(7)8(5-9)6-12/h4-6H,1-3H2. The number of fused-ring (bicyclic) bond motifs is 1. The molecule has 0 unspecified atom stereocenters. The highest BCUT2D eigenvalue weighted by Crippen LogP contribution is 2.34. The quantitative estimate of drug-likeness (QED) is 0.718. The molecule has 13 heavy (non-hydrogen) atoms. The fourth-order valence-corrected chi connectivity index (χ4v) is 3.20. The van der Waals surface area contributed by atoms with Crippen LogP contribution in [0.2, 0.25) is 0 Å². The monoisotopic (exact) mass is 256 g/mol. The Balaban J connectivity index is 2.56. The van der Waals surface area contributed by atoms with Crippen molar-refractivity contribution in [1.29, 1.82) is 0 Å². The highest BCUT2D eigenvalue weighted by molar-refractivity contribution is 9.10. The summed E-state index contributed by atoms with van der Waals surface area (Å²) in [5.74, 6) is 1.13. The third-order valence-electron chi connectivity index (χ3n) is 2.12. The Morgan fingerprint density at radius 3 is 3.08 bits per heavy atom. The summed E-state index contributed by atoms with van der Waals surface area (Å²) >= 11 is 5.21. The molecule has 1 aliphatic rings. The van der Waals surface area contributed by atoms with E-state index >= 15 is 0 Å². The van der Waals surface area contributed by atoms with Gasteiger partial charge in [-0.2, -0.15) is 0 Å². The number of thioether (sulfide) groups is 1. The van der Waals surface area contributed by atoms with Gasteiger partial charge in [-0.05, 0) is 36.3 Å². The van der Waals surface area contributed by atoms with E-state index in [0.717, 1.165) is 28.5 Å². The Kier molecular flexibility index (Phi) is 2.74. The predicted octanol–water partition coefficient (Wildman–Crippen LogP) is 3.30. The van der Waals surface area contributed by atoms with E-state index in [1.807, 2.05) is 6.07 Å². The fraction of sp³-hybridized carbons (Fsp3) is 0.300. The molecule has 0 N–H and O–H groups in total. The van der Waals surface area contributed by atoms with Crippen LogP contribution in [-0.4, -0.2) is 12.0 Å². The molecule has 0 saturated heterocycles. The van der Waals surface area contributed by atoms with Crippen molar-refractivity contribution in [3.05, 3.63) is 27.7 Å². The summed E-state index contributed by atoms with van der Waals surface area (Å²) in [5, 5.41) is 0. The Hall–Kier alpha value is -0.280. The number of rotatable bonds is 1. The van der Waals surface area contributed by atoms with Crippen LogP contribution in [0, 0.1) is 0 Å². The SMILES string of the molecule is O=Cc1cc(Br)cc2c1SCCC2. The smallest absolute Gasteiger partial charge is 0.151 e. The molecule has 0 aliphatic carbocycles. The normalized spacial score (nSPS) is 15.2. The van der Waals surface area contributed by atoms with E-state index in [1.54, 1.807) is 11.8 Å². The van der Waals surface area contributed by atoms with E-state index in [1.165, 1.54) is 16.9 Å². The maximum atomic E-state index is 10.8. The predicted molar refractivity (Wildman–Crippen MR) is 58.6 cm³/mol. The van der Waals surface area contributed by atoms with Crippen molar-refractivity contribution in [2.24, 2.45) is 0 Å². The number of hydrogen-bond acceptors (Lipinski definition) is 2. The molecule has 3 heteroatoms. The van der Waals surface area contributed by atoms with Crippen LogP contribution in [-0.2, 0) is 6.42 Å². The first-order valence-electron chi connectivity index (χ1n) is 4.21. The zero-order valence-corrected chi connectivity index (χ0v) is 9.45. The van der Waals surface area contributed by atoms with Crippen molar-refractivity contribution in [3.8, 4) is 0 Å². The summed E-state index contributed by atoms with van der Waals surface area (Å²) in [5.41, 5.74) is 2.14. The molecule has 1 aromatic carbocycles. The van der Waals surface area contributed by atoms with Crippen LogP contribution in [0.1, 0.15) is 22.3 Å². The second-order valence-corrected chi connectivity index (χ2v) is 5.07. The largest absolute Gasteiger partial charge is 0.298 e. The summed E-state index contributed by atoms with van der Waals surface area (Å²) in [4.78, 5) is 12.0. The molecule has 68 valence electrons. The van der Waals surface area contributed by atoms with Gasteiger partial charge in [-0.25, -0.2) is 0 Å². The van der Waals surface area contributed by atoms with Gasteiger partial charge in [0.2, 0.25) is 0 Å². The number of benzene rings is 1. The van der Waals surface area contributed by atoms with Crippen molar-refractivity contribution < 1.29 is 4.79 Å². The maximum Gasteiger partial charge on any atom is 0.151 e. The van der Waals surface area contributed by atoms with Gasteiger partial charge in [-0.3, -0.25) is 4.79 Å². The molecule has 1 nitrogen and oxygen atoms in total. The number of aldehydes is 1. The summed E-state index contributed by atoms with van der Waals surface area (Å²) < 4.78 is 1.01. The van der Waals surface area contributed by atoms with Gasteiger partial charge < -0.3 is 0 Å². The third-order valence-corrected chi connectivity index (χ3v) is 3.86. The lowest BCUT2D eigenvalue weighted by Crippen LogP contribution is -2.01. The van der Waals surface area contributed by atoms with Crippen LogP contribution >= 0.6 is 27.7 Å². The first kappa shape index (κ1) is 9.28. The molecule has 0 aromatic heterocycles. The lowest BCUT2D eigenvalue weighted by atomic mass is 10.1. The molecule has 1 heterocycles. The first-order valence-corrected chi connectivity index (χ1v) is 5.99. The summed E-state index contributed by atoms with van der Waals surface area (Å²) in [6, 6.07) is 4.01. The van der Waals surface area contributed by atoms with Gasteiger partial charge in [-0.15, -0.1) is 11.8 Å². The van der Waals surface area contributed by atoms with E-state index in [0.29, 0.717) is 0 Å². The molecule has 0 fully saturated rings. The summed E-state index contributed by atoms with van der Waals surface area (Å²) in [6.07, 6.45) is 3.26. The zero-order chi connectivity index (χ0) is 9.26. The number of carbonyl (C=O) groups excluding carboxylic acids is 1. The number of carbonyl (C=O) groups is 1. The van der Waals surface area contributed by atoms with Crippen LogP contribution in [0.25, 0.3) is 0 Å². The van der Waals surface area contributed by atoms with Crippen LogP contribution < -0.4 is 0 Å². The lowest BCUT2D eigenvalue weighted by molar-refractivity contribution is 0.112. The Morgan fingerprint density at radius 1 is 1.46 bits per heavy atom. The summed E-state index contributed by atoms with van der Waals surface area (Å²) in [7, 11) is 0. The van der Waals surface area contributed by atoms with E-state index < -0.39 is 0 Å². The molecule has 0 amide bonds. The molecular formula is C10H9BrOS. The third kappa shape index (κ3) is 1.81. The van der Waals surface area contributed by atoms with Crippen LogP contribution in [0.3, 0.4) is 0 Å². The minimum atomic E-state index is 0.828. The molecule has 0 radical (unpaired) electrons. The van der Waals surface area contributed by atoms with E-state index in [4.69, 9.17) is 0 Å². The maximum absolute atomic E-state index is 10.8. The molecule has 1 aliphatic heterocycles. The minimum Gasteiger partial charge on any atom is -0.298 e. The fourth-order valence-electron chi connectivity index (χ4n) is 1.56. The Bertz CT molecular complexity index is 349. The molecule has 2 rings (SSSR count). The van der Waals surface area contributed by atoms with E-state index in [-0.39, 0.29) is 0 Å². The molecule has 0 saturated carbocycles. The molecule has 0 bridgehead atoms. The van der Waals surface area contributed by atoms with Crippen molar-refractivity contribution in [3.63, 3.8) is 0 Å². The minimum absolute atomic E-state index is 0.828. The van der Waals surface area contributed by atoms with Gasteiger partial charge in [0.15, 0.2) is 6.29 Å². The van der Waals surface area contributed by atoms with Crippen LogP contribution in [0.4, 0.5) is 0 Å². The number of aryl methyl sites for hydroxylation is 1. The second kappa shape index (κ2) is 3.84. The van der Waals surface area contributed by atoms with Crippen LogP contribution in [0.5, 0.6) is 0 Å². The van der Waals surface area contributed by atoms with Crippen molar-refractivity contribution in [2.75, 3.05) is 5.75 Å². The lowest BCUT2D eigenvalue weighted by Gasteiger charge is -2.16. The van der Waals surface area contributed by atoms with Crippen molar-refractivity contribution in [2.45, 2.75) is 17.7 Å². The molecule has 0 spiro atoms. The first-order chi connectivity index (χ1) is 6.31. The van der Waals surface area contributed by atoms with E-state index in [2.05, 4.69) is 22.0 Å². The highest BCUT2D eigenvalue weighted by atomic mass is 79.9. The van der Waals surface area contributed by atoms with Gasteiger partial charge in [-0.1, -0.05) is 15.9 Å². The van der Waals surface area contributed by atoms with E-state index in [9.17, 15) is 4.79 Å². The van der Waals surface area contributed by atoms with Gasteiger partial charge in [0, 0.05) is 14.9 Å². The van der Waals surface area contributed by atoms with Crippen molar-refractivity contribution in [1.82, 2.24) is 0 Å². The average Bonchev–Trinajstić information content (AvgIpc) is 2.16. The molecule has 0 atom stereocenters. The topological polar surface area (TPSA) is 17.1 Å². The highest BCUT2D eigenvalue weighted by Gasteiger charge is 2.14. The summed E-state index contributed by atoms with van der Waals surface area (Å²) in [6.45, 7) is 0. The number of halogens is 1. The van der Waals surface area contributed by atoms with Gasteiger partial charge >= 0.3 is 0 Å². The molecule has 1 aromatic rings. The van der Waals surface area contributed by atoms with Gasteiger partial charge in [0.05, 0.1) is 0 Å². The van der Waals surface area contributed by atoms with Gasteiger partial charge in [0.1, 0.15) is 0 Å². The number of hydrogen-bond donors (Lipinski definition) is 0. The Labute approximate surface area is 90.0 Å². The zero-order valence-electron chi connectivity index (χ0n) is 7.05. The Morgan fingerprint density at radius 2 is 2.31 bits per heavy atom. The van der Waals surface area contributed by atoms with Gasteiger partial charge in [0.25, 0.3) is 0 Å². The average molecular weight is 257 g/mol. The van der Waals surface area contributed by atoms with Crippen molar-refractivity contribution >= 4 is 34.0 Å². The van der Waals surface area contributed by atoms with Crippen LogP contribution in [0.15, 0.2) is 21.5 Å².